The second-order valence-electron chi connectivity index (χ2n) is 6.58. The Labute approximate surface area is 183 Å². The van der Waals surface area contributed by atoms with Crippen molar-refractivity contribution in [1.29, 1.82) is 0 Å². The Morgan fingerprint density at radius 3 is 2.43 bits per heavy atom. The number of piperidine rings is 1. The summed E-state index contributed by atoms with van der Waals surface area (Å²) < 4.78 is 5.27. The lowest BCUT2D eigenvalue weighted by Gasteiger charge is -2.33. The van der Waals surface area contributed by atoms with Crippen molar-refractivity contribution in [2.24, 2.45) is 5.73 Å². The van der Waals surface area contributed by atoms with Crippen molar-refractivity contribution in [2.75, 3.05) is 25.5 Å². The molecule has 0 saturated carbocycles. The number of nitrogens with two attached hydrogens (primary N) is 1. The molecule has 2 aromatic carbocycles. The maximum Gasteiger partial charge on any atom is 0.252 e. The minimum atomic E-state index is -0.551. The van der Waals surface area contributed by atoms with E-state index in [1.165, 1.54) is 12.7 Å². The van der Waals surface area contributed by atoms with E-state index in [2.05, 4.69) is 34.5 Å². The van der Waals surface area contributed by atoms with Crippen LogP contribution in [-0.2, 0) is 6.54 Å². The second-order valence-corrected chi connectivity index (χ2v) is 6.98. The predicted octanol–water partition coefficient (Wildman–Crippen LogP) is 4.37. The molecule has 1 heterocycles. The Hall–Kier alpha value is -1.66. The fourth-order valence-electron chi connectivity index (χ4n) is 3.32. The molecule has 5 nitrogen and oxygen atoms in total. The number of ether oxygens (including phenoxy) is 1. The van der Waals surface area contributed by atoms with Crippen LogP contribution >= 0.6 is 36.4 Å². The highest BCUT2D eigenvalue weighted by atomic mass is 35.5. The molecule has 154 valence electrons. The van der Waals surface area contributed by atoms with Crippen LogP contribution in [-0.4, -0.2) is 37.0 Å². The maximum atomic E-state index is 11.5. The van der Waals surface area contributed by atoms with Crippen LogP contribution in [0.1, 0.15) is 28.8 Å². The van der Waals surface area contributed by atoms with Gasteiger partial charge in [-0.1, -0.05) is 41.9 Å². The number of hydrogen-bond acceptors (Lipinski definition) is 4. The lowest BCUT2D eigenvalue weighted by molar-refractivity contribution is 0.0997. The number of nitrogens with zero attached hydrogens (tertiary/aromatic N) is 1. The first kappa shape index (κ1) is 24.4. The molecule has 0 radical (unpaired) electrons. The van der Waals surface area contributed by atoms with E-state index in [4.69, 9.17) is 22.1 Å². The van der Waals surface area contributed by atoms with E-state index >= 15 is 0 Å². The van der Waals surface area contributed by atoms with Crippen molar-refractivity contribution < 1.29 is 9.53 Å². The monoisotopic (exact) mass is 445 g/mol. The van der Waals surface area contributed by atoms with E-state index in [0.29, 0.717) is 22.4 Å². The molecule has 0 aliphatic carbocycles. The zero-order valence-corrected chi connectivity index (χ0v) is 18.1. The molecule has 3 N–H and O–H groups in total. The van der Waals surface area contributed by atoms with Crippen LogP contribution in [0, 0.1) is 0 Å². The van der Waals surface area contributed by atoms with Gasteiger partial charge in [0.25, 0.3) is 5.91 Å². The molecule has 0 atom stereocenters. The van der Waals surface area contributed by atoms with Crippen molar-refractivity contribution >= 4 is 48.0 Å². The summed E-state index contributed by atoms with van der Waals surface area (Å²) in [7, 11) is 1.52. The van der Waals surface area contributed by atoms with Crippen LogP contribution in [0.25, 0.3) is 0 Å². The van der Waals surface area contributed by atoms with Gasteiger partial charge in [0.2, 0.25) is 0 Å². The van der Waals surface area contributed by atoms with E-state index in [9.17, 15) is 4.79 Å². The predicted molar refractivity (Wildman–Crippen MR) is 119 cm³/mol. The zero-order chi connectivity index (χ0) is 18.5. The van der Waals surface area contributed by atoms with Gasteiger partial charge in [-0.15, -0.1) is 24.8 Å². The summed E-state index contributed by atoms with van der Waals surface area (Å²) in [5.74, 6) is -0.115. The number of carbonyl (C=O) groups excluding carboxylic acids is 1. The standard InChI is InChI=1S/C20H24ClN3O2.2ClH/c1-26-19-12-18(17(21)11-16(19)20(22)25)23-15-7-9-24(10-8-15)13-14-5-3-2-4-6-14;;/h2-6,11-12,15,23H,7-10,13H2,1H3,(H2,22,25);2*1H. The Morgan fingerprint density at radius 2 is 1.86 bits per heavy atom. The van der Waals surface area contributed by atoms with E-state index < -0.39 is 5.91 Å². The third kappa shape index (κ3) is 6.17. The van der Waals surface area contributed by atoms with Crippen LogP contribution in [0.4, 0.5) is 5.69 Å². The molecule has 28 heavy (non-hydrogen) atoms. The number of rotatable bonds is 6. The van der Waals surface area contributed by atoms with Crippen molar-refractivity contribution in [3.8, 4) is 5.75 Å². The summed E-state index contributed by atoms with van der Waals surface area (Å²) in [5, 5.41) is 3.96. The normalized spacial score (nSPS) is 14.5. The molecule has 1 saturated heterocycles. The minimum absolute atomic E-state index is 0. The molecule has 1 amide bonds. The zero-order valence-electron chi connectivity index (χ0n) is 15.7. The average Bonchev–Trinajstić information content (AvgIpc) is 2.65. The number of halogens is 3. The number of methoxy groups -OCH3 is 1. The summed E-state index contributed by atoms with van der Waals surface area (Å²) >= 11 is 6.32. The van der Waals surface area contributed by atoms with Gasteiger partial charge in [-0.3, -0.25) is 9.69 Å². The molecule has 1 aliphatic heterocycles. The van der Waals surface area contributed by atoms with Gasteiger partial charge in [0, 0.05) is 31.7 Å². The number of primary amides is 1. The minimum Gasteiger partial charge on any atom is -0.496 e. The lowest BCUT2D eigenvalue weighted by atomic mass is 10.0. The molecule has 0 spiro atoms. The average molecular weight is 447 g/mol. The Kier molecular flexibility index (Phi) is 9.90. The van der Waals surface area contributed by atoms with Gasteiger partial charge >= 0.3 is 0 Å². The van der Waals surface area contributed by atoms with Gasteiger partial charge in [0.05, 0.1) is 23.4 Å². The number of carbonyl (C=O) groups is 1. The SMILES string of the molecule is COc1cc(NC2CCN(Cc3ccccc3)CC2)c(Cl)cc1C(N)=O.Cl.Cl. The quantitative estimate of drug-likeness (QED) is 0.691. The Morgan fingerprint density at radius 1 is 1.21 bits per heavy atom. The third-order valence-corrected chi connectivity index (χ3v) is 5.06. The summed E-state index contributed by atoms with van der Waals surface area (Å²) in [6.45, 7) is 3.04. The van der Waals surface area contributed by atoms with Gasteiger partial charge in [0.1, 0.15) is 5.75 Å². The number of benzene rings is 2. The first-order chi connectivity index (χ1) is 12.6. The van der Waals surface area contributed by atoms with Gasteiger partial charge in [-0.25, -0.2) is 0 Å². The van der Waals surface area contributed by atoms with E-state index in [1.54, 1.807) is 12.1 Å². The van der Waals surface area contributed by atoms with Crippen molar-refractivity contribution in [1.82, 2.24) is 4.90 Å². The lowest BCUT2D eigenvalue weighted by Crippen LogP contribution is -2.38. The van der Waals surface area contributed by atoms with Crippen LogP contribution in [0.5, 0.6) is 5.75 Å². The van der Waals surface area contributed by atoms with Gasteiger partial charge in [-0.2, -0.15) is 0 Å². The number of hydrogen-bond donors (Lipinski definition) is 2. The number of amides is 1. The van der Waals surface area contributed by atoms with Crippen molar-refractivity contribution in [3.63, 3.8) is 0 Å². The molecule has 1 aliphatic rings. The van der Waals surface area contributed by atoms with Crippen LogP contribution in [0.3, 0.4) is 0 Å². The van der Waals surface area contributed by atoms with E-state index in [1.807, 2.05) is 6.07 Å². The topological polar surface area (TPSA) is 67.6 Å². The van der Waals surface area contributed by atoms with Gasteiger partial charge in [-0.05, 0) is 24.5 Å². The summed E-state index contributed by atoms with van der Waals surface area (Å²) in [6, 6.07) is 14.2. The molecular weight excluding hydrogens is 421 g/mol. The Balaban J connectivity index is 0.00000196. The largest absolute Gasteiger partial charge is 0.496 e. The molecule has 0 unspecified atom stereocenters. The molecule has 0 bridgehead atoms. The van der Waals surface area contributed by atoms with Gasteiger partial charge < -0.3 is 15.8 Å². The fraction of sp³-hybridized carbons (Fsp3) is 0.350. The van der Waals surface area contributed by atoms with Crippen LogP contribution < -0.4 is 15.8 Å². The second kappa shape index (κ2) is 11.4. The Bertz CT molecular complexity index is 767. The molecule has 3 rings (SSSR count). The first-order valence-electron chi connectivity index (χ1n) is 8.77. The number of likely N-dealkylation sites (tertiary alicyclic amines) is 1. The van der Waals surface area contributed by atoms with E-state index in [0.717, 1.165) is 38.2 Å². The van der Waals surface area contributed by atoms with Crippen molar-refractivity contribution in [3.05, 3.63) is 58.6 Å². The van der Waals surface area contributed by atoms with E-state index in [-0.39, 0.29) is 24.8 Å². The molecule has 1 fully saturated rings. The summed E-state index contributed by atoms with van der Waals surface area (Å²) in [6.07, 6.45) is 2.06. The molecule has 2 aromatic rings. The van der Waals surface area contributed by atoms with Crippen molar-refractivity contribution in [2.45, 2.75) is 25.4 Å². The smallest absolute Gasteiger partial charge is 0.252 e. The molecular formula is C20H26Cl3N3O2. The van der Waals surface area contributed by atoms with Crippen LogP contribution in [0.2, 0.25) is 5.02 Å². The van der Waals surface area contributed by atoms with Crippen LogP contribution in [0.15, 0.2) is 42.5 Å². The molecule has 0 aromatic heterocycles. The maximum absolute atomic E-state index is 11.5. The summed E-state index contributed by atoms with van der Waals surface area (Å²) in [5.41, 5.74) is 7.78. The fourth-order valence-corrected chi connectivity index (χ4v) is 3.54. The summed E-state index contributed by atoms with van der Waals surface area (Å²) in [4.78, 5) is 13.9. The van der Waals surface area contributed by atoms with Gasteiger partial charge in [0.15, 0.2) is 0 Å². The highest BCUT2D eigenvalue weighted by molar-refractivity contribution is 6.33. The number of nitrogens with one attached hydrogen (secondary N) is 1. The highest BCUT2D eigenvalue weighted by Gasteiger charge is 2.21. The first-order valence-corrected chi connectivity index (χ1v) is 9.14. The number of anilines is 1. The third-order valence-electron chi connectivity index (χ3n) is 4.75. The highest BCUT2D eigenvalue weighted by Crippen LogP contribution is 2.32. The molecule has 8 heteroatoms.